The molecule has 0 atom stereocenters. The molecule has 0 radical (unpaired) electrons. The van der Waals surface area contributed by atoms with E-state index in [1.165, 1.54) is 0 Å². The van der Waals surface area contributed by atoms with Crippen molar-refractivity contribution in [2.75, 3.05) is 23.9 Å². The summed E-state index contributed by atoms with van der Waals surface area (Å²) in [4.78, 5) is 28.3. The van der Waals surface area contributed by atoms with Crippen molar-refractivity contribution in [2.24, 2.45) is 0 Å². The summed E-state index contributed by atoms with van der Waals surface area (Å²) in [7, 11) is 1.65. The zero-order chi connectivity index (χ0) is 21.1. The summed E-state index contributed by atoms with van der Waals surface area (Å²) in [5.41, 5.74) is 3.27. The Labute approximate surface area is 180 Å². The first-order valence-corrected chi connectivity index (χ1v) is 10.5. The van der Waals surface area contributed by atoms with Crippen molar-refractivity contribution in [3.8, 4) is 5.75 Å². The number of nitrogens with zero attached hydrogens (tertiary/aromatic N) is 1. The van der Waals surface area contributed by atoms with E-state index in [4.69, 9.17) is 4.74 Å². The number of ether oxygens (including phenoxy) is 1. The molecule has 0 saturated carbocycles. The number of rotatable bonds is 5. The molecule has 30 heavy (non-hydrogen) atoms. The predicted octanol–water partition coefficient (Wildman–Crippen LogP) is 5.01. The fraction of sp³-hybridized carbons (Fsp3) is 0.167. The number of hydrogen-bond donors (Lipinski definition) is 1. The Hall–Kier alpha value is -3.25. The molecule has 0 saturated heterocycles. The van der Waals surface area contributed by atoms with Crippen LogP contribution in [0.4, 0.5) is 11.4 Å². The molecule has 4 rings (SSSR count). The van der Waals surface area contributed by atoms with Gasteiger partial charge in [-0.25, -0.2) is 0 Å². The maximum atomic E-state index is 12.7. The van der Waals surface area contributed by atoms with Crippen molar-refractivity contribution in [1.29, 1.82) is 0 Å². The van der Waals surface area contributed by atoms with E-state index in [9.17, 15) is 9.59 Å². The normalized spacial score (nSPS) is 12.4. The first kappa shape index (κ1) is 20.0. The van der Waals surface area contributed by atoms with Crippen LogP contribution in [0.1, 0.15) is 22.8 Å². The van der Waals surface area contributed by atoms with Crippen LogP contribution >= 0.6 is 11.8 Å². The minimum atomic E-state index is -0.158. The number of anilines is 2. The molecule has 0 aliphatic carbocycles. The zero-order valence-corrected chi connectivity index (χ0v) is 17.7. The van der Waals surface area contributed by atoms with Crippen molar-refractivity contribution in [3.05, 3.63) is 77.9 Å². The number of methoxy groups -OCH3 is 1. The van der Waals surface area contributed by atoms with Crippen LogP contribution in [-0.4, -0.2) is 25.5 Å². The lowest BCUT2D eigenvalue weighted by atomic mass is 10.1. The van der Waals surface area contributed by atoms with E-state index >= 15 is 0 Å². The second kappa shape index (κ2) is 8.63. The highest BCUT2D eigenvalue weighted by atomic mass is 32.2. The van der Waals surface area contributed by atoms with Gasteiger partial charge >= 0.3 is 0 Å². The molecule has 3 aromatic carbocycles. The number of carbonyl (C=O) groups excluding carboxylic acids is 2. The van der Waals surface area contributed by atoms with E-state index in [0.717, 1.165) is 38.9 Å². The third-order valence-electron chi connectivity index (χ3n) is 5.02. The molecule has 6 heteroatoms. The Bertz CT molecular complexity index is 1080. The van der Waals surface area contributed by atoms with Gasteiger partial charge in [0.05, 0.1) is 7.11 Å². The molecule has 0 aromatic heterocycles. The molecule has 5 nitrogen and oxygen atoms in total. The molecule has 3 aromatic rings. The summed E-state index contributed by atoms with van der Waals surface area (Å²) in [6.45, 7) is 2.23. The van der Waals surface area contributed by atoms with Gasteiger partial charge in [-0.3, -0.25) is 9.59 Å². The van der Waals surface area contributed by atoms with Crippen LogP contribution in [-0.2, 0) is 11.2 Å². The van der Waals surface area contributed by atoms with Gasteiger partial charge in [0, 0.05) is 40.2 Å². The van der Waals surface area contributed by atoms with Crippen molar-refractivity contribution in [1.82, 2.24) is 0 Å². The second-order valence-corrected chi connectivity index (χ2v) is 8.17. The lowest BCUT2D eigenvalue weighted by Crippen LogP contribution is -2.25. The smallest absolute Gasteiger partial charge is 0.255 e. The van der Waals surface area contributed by atoms with E-state index in [1.54, 1.807) is 36.8 Å². The van der Waals surface area contributed by atoms with Crippen molar-refractivity contribution in [3.63, 3.8) is 0 Å². The molecule has 1 N–H and O–H groups in total. The molecular formula is C24H22N2O3S. The van der Waals surface area contributed by atoms with E-state index in [2.05, 4.69) is 5.32 Å². The molecule has 0 unspecified atom stereocenters. The Morgan fingerprint density at radius 2 is 1.63 bits per heavy atom. The van der Waals surface area contributed by atoms with Gasteiger partial charge in [-0.15, -0.1) is 0 Å². The predicted molar refractivity (Wildman–Crippen MR) is 120 cm³/mol. The average molecular weight is 419 g/mol. The first-order valence-electron chi connectivity index (χ1n) is 9.68. The van der Waals surface area contributed by atoms with Crippen LogP contribution in [0.2, 0.25) is 0 Å². The molecule has 2 amide bonds. The summed E-state index contributed by atoms with van der Waals surface area (Å²) in [6, 6.07) is 21.2. The number of fused-ring (bicyclic) bond motifs is 1. The topological polar surface area (TPSA) is 58.6 Å². The van der Waals surface area contributed by atoms with E-state index in [0.29, 0.717) is 12.1 Å². The highest BCUT2D eigenvalue weighted by molar-refractivity contribution is 7.99. The van der Waals surface area contributed by atoms with E-state index < -0.39 is 0 Å². The molecule has 1 aliphatic rings. The highest BCUT2D eigenvalue weighted by Crippen LogP contribution is 2.31. The van der Waals surface area contributed by atoms with Crippen LogP contribution in [0.15, 0.2) is 76.5 Å². The Morgan fingerprint density at radius 3 is 2.27 bits per heavy atom. The van der Waals surface area contributed by atoms with Gasteiger partial charge in [-0.1, -0.05) is 11.8 Å². The average Bonchev–Trinajstić information content (AvgIpc) is 3.19. The van der Waals surface area contributed by atoms with E-state index in [-0.39, 0.29) is 11.8 Å². The van der Waals surface area contributed by atoms with Gasteiger partial charge < -0.3 is 15.0 Å². The SMILES string of the molecule is COc1ccc(Sc2ccc(NC(=O)c3ccc4c(c3)CCN4C(C)=O)cc2)cc1. The minimum Gasteiger partial charge on any atom is -0.497 e. The fourth-order valence-corrected chi connectivity index (χ4v) is 4.28. The summed E-state index contributed by atoms with van der Waals surface area (Å²) in [6.07, 6.45) is 0.771. The van der Waals surface area contributed by atoms with Gasteiger partial charge in [0.2, 0.25) is 5.91 Å². The molecule has 1 aliphatic heterocycles. The van der Waals surface area contributed by atoms with Gasteiger partial charge in [-0.05, 0) is 78.7 Å². The third kappa shape index (κ3) is 4.33. The highest BCUT2D eigenvalue weighted by Gasteiger charge is 2.23. The maximum absolute atomic E-state index is 12.7. The van der Waals surface area contributed by atoms with Crippen molar-refractivity contribution in [2.45, 2.75) is 23.1 Å². The largest absolute Gasteiger partial charge is 0.497 e. The second-order valence-electron chi connectivity index (χ2n) is 7.02. The maximum Gasteiger partial charge on any atom is 0.255 e. The number of carbonyl (C=O) groups is 2. The number of amides is 2. The molecule has 152 valence electrons. The number of benzene rings is 3. The number of hydrogen-bond acceptors (Lipinski definition) is 4. The molecule has 1 heterocycles. The lowest BCUT2D eigenvalue weighted by molar-refractivity contribution is -0.116. The summed E-state index contributed by atoms with van der Waals surface area (Å²) in [5, 5.41) is 2.94. The third-order valence-corrected chi connectivity index (χ3v) is 6.04. The van der Waals surface area contributed by atoms with E-state index in [1.807, 2.05) is 60.7 Å². The molecule has 0 bridgehead atoms. The van der Waals surface area contributed by atoms with Crippen LogP contribution in [0.25, 0.3) is 0 Å². The standard InChI is InChI=1S/C24H22N2O3S/c1-16(27)26-14-13-17-15-18(3-12-23(17)26)24(28)25-19-4-8-21(9-5-19)30-22-10-6-20(29-2)7-11-22/h3-12,15H,13-14H2,1-2H3,(H,25,28). The van der Waals surface area contributed by atoms with Crippen LogP contribution in [0.5, 0.6) is 5.75 Å². The van der Waals surface area contributed by atoms with Gasteiger partial charge in [0.15, 0.2) is 0 Å². The van der Waals surface area contributed by atoms with Crippen LogP contribution in [0.3, 0.4) is 0 Å². The summed E-state index contributed by atoms with van der Waals surface area (Å²) < 4.78 is 5.18. The molecular weight excluding hydrogens is 396 g/mol. The Morgan fingerprint density at radius 1 is 0.967 bits per heavy atom. The van der Waals surface area contributed by atoms with Crippen molar-refractivity contribution >= 4 is 35.0 Å². The lowest BCUT2D eigenvalue weighted by Gasteiger charge is -2.14. The Kier molecular flexibility index (Phi) is 5.77. The quantitative estimate of drug-likeness (QED) is 0.633. The van der Waals surface area contributed by atoms with Crippen LogP contribution in [0, 0.1) is 0 Å². The fourth-order valence-electron chi connectivity index (χ4n) is 3.46. The summed E-state index contributed by atoms with van der Waals surface area (Å²) >= 11 is 1.65. The monoisotopic (exact) mass is 418 g/mol. The molecule has 0 fully saturated rings. The van der Waals surface area contributed by atoms with Gasteiger partial charge in [0.1, 0.15) is 5.75 Å². The first-order chi connectivity index (χ1) is 14.5. The summed E-state index contributed by atoms with van der Waals surface area (Å²) in [5.74, 6) is 0.700. The Balaban J connectivity index is 1.41. The zero-order valence-electron chi connectivity index (χ0n) is 16.8. The molecule has 0 spiro atoms. The van der Waals surface area contributed by atoms with Crippen molar-refractivity contribution < 1.29 is 14.3 Å². The minimum absolute atomic E-state index is 0.0264. The van der Waals surface area contributed by atoms with Crippen LogP contribution < -0.4 is 15.0 Å². The number of nitrogens with one attached hydrogen (secondary N) is 1. The van der Waals surface area contributed by atoms with Gasteiger partial charge in [0.25, 0.3) is 5.91 Å². The van der Waals surface area contributed by atoms with Gasteiger partial charge in [-0.2, -0.15) is 0 Å².